The molecule has 0 spiro atoms. The van der Waals surface area contributed by atoms with Crippen molar-refractivity contribution in [3.8, 4) is 0 Å². The summed E-state index contributed by atoms with van der Waals surface area (Å²) in [6.07, 6.45) is 4.93. The molecule has 0 aliphatic heterocycles. The first kappa shape index (κ1) is 14.5. The van der Waals surface area contributed by atoms with Crippen molar-refractivity contribution in [3.63, 3.8) is 0 Å². The lowest BCUT2D eigenvalue weighted by molar-refractivity contribution is 0.0606. The quantitative estimate of drug-likeness (QED) is 0.688. The van der Waals surface area contributed by atoms with Crippen molar-refractivity contribution in [3.05, 3.63) is 35.9 Å². The van der Waals surface area contributed by atoms with Crippen LogP contribution in [0.3, 0.4) is 0 Å². The van der Waals surface area contributed by atoms with Crippen LogP contribution in [-0.2, 0) is 11.2 Å². The van der Waals surface area contributed by atoms with Crippen LogP contribution in [0.4, 0.5) is 0 Å². The van der Waals surface area contributed by atoms with Crippen molar-refractivity contribution in [2.75, 3.05) is 19.8 Å². The molecule has 2 rings (SSSR count). The van der Waals surface area contributed by atoms with Gasteiger partial charge in [-0.3, -0.25) is 0 Å². The van der Waals surface area contributed by atoms with Crippen molar-refractivity contribution in [1.29, 1.82) is 0 Å². The molecule has 2 heteroatoms. The third kappa shape index (κ3) is 6.22. The lowest BCUT2D eigenvalue weighted by atomic mass is 9.95. The molecule has 106 valence electrons. The van der Waals surface area contributed by atoms with Crippen molar-refractivity contribution in [2.45, 2.75) is 45.6 Å². The number of hydrogen-bond donors (Lipinski definition) is 1. The molecule has 0 unspecified atom stereocenters. The van der Waals surface area contributed by atoms with E-state index in [1.807, 2.05) is 0 Å². The monoisotopic (exact) mass is 261 g/mol. The molecule has 2 nitrogen and oxygen atoms in total. The molecule has 1 aliphatic rings. The Morgan fingerprint density at radius 1 is 1.21 bits per heavy atom. The predicted octanol–water partition coefficient (Wildman–Crippen LogP) is 3.41. The fourth-order valence-corrected chi connectivity index (χ4v) is 2.13. The van der Waals surface area contributed by atoms with Crippen LogP contribution in [0.25, 0.3) is 0 Å². The maximum Gasteiger partial charge on any atom is 0.0529 e. The van der Waals surface area contributed by atoms with Gasteiger partial charge in [0.2, 0.25) is 0 Å². The summed E-state index contributed by atoms with van der Waals surface area (Å²) < 4.78 is 5.83. The predicted molar refractivity (Wildman–Crippen MR) is 80.4 cm³/mol. The van der Waals surface area contributed by atoms with Crippen LogP contribution in [-0.4, -0.2) is 25.8 Å². The Bertz CT molecular complexity index is 357. The van der Waals surface area contributed by atoms with Gasteiger partial charge in [0.15, 0.2) is 0 Å². The normalized spacial score (nSPS) is 15.7. The van der Waals surface area contributed by atoms with E-state index < -0.39 is 0 Å². The highest BCUT2D eigenvalue weighted by Crippen LogP contribution is 2.22. The molecule has 1 saturated carbocycles. The van der Waals surface area contributed by atoms with E-state index >= 15 is 0 Å². The average Bonchev–Trinajstić information content (AvgIpc) is 3.21. The van der Waals surface area contributed by atoms with Gasteiger partial charge in [-0.2, -0.15) is 0 Å². The molecule has 0 bridgehead atoms. The van der Waals surface area contributed by atoms with Gasteiger partial charge in [-0.15, -0.1) is 0 Å². The zero-order chi connectivity index (χ0) is 13.6. The molecular weight excluding hydrogens is 234 g/mol. The van der Waals surface area contributed by atoms with Crippen molar-refractivity contribution in [1.82, 2.24) is 5.32 Å². The van der Waals surface area contributed by atoms with Crippen LogP contribution in [0.5, 0.6) is 0 Å². The number of nitrogens with one attached hydrogen (secondary N) is 1. The maximum absolute atomic E-state index is 5.83. The molecule has 0 aromatic heterocycles. The van der Waals surface area contributed by atoms with Gasteiger partial charge in [0.1, 0.15) is 0 Å². The topological polar surface area (TPSA) is 21.3 Å². The van der Waals surface area contributed by atoms with E-state index in [0.717, 1.165) is 38.6 Å². The lowest BCUT2D eigenvalue weighted by Gasteiger charge is -2.25. The minimum absolute atomic E-state index is 0.245. The summed E-state index contributed by atoms with van der Waals surface area (Å²) in [6.45, 7) is 7.33. The van der Waals surface area contributed by atoms with Crippen LogP contribution in [0.15, 0.2) is 30.3 Å². The van der Waals surface area contributed by atoms with E-state index in [9.17, 15) is 0 Å². The Morgan fingerprint density at radius 2 is 1.95 bits per heavy atom. The Balaban J connectivity index is 1.53. The Hall–Kier alpha value is -0.860. The fourth-order valence-electron chi connectivity index (χ4n) is 2.13. The number of hydrogen-bond acceptors (Lipinski definition) is 2. The third-order valence-electron chi connectivity index (χ3n) is 3.54. The van der Waals surface area contributed by atoms with Crippen LogP contribution < -0.4 is 5.32 Å². The highest BCUT2D eigenvalue weighted by atomic mass is 16.5. The molecule has 0 amide bonds. The summed E-state index contributed by atoms with van der Waals surface area (Å²) in [7, 11) is 0. The zero-order valence-corrected chi connectivity index (χ0v) is 12.3. The molecule has 0 atom stereocenters. The fraction of sp³-hybridized carbons (Fsp3) is 0.647. The van der Waals surface area contributed by atoms with Gasteiger partial charge in [0.05, 0.1) is 6.61 Å². The Kier molecular flexibility index (Phi) is 5.41. The van der Waals surface area contributed by atoms with Crippen LogP contribution >= 0.6 is 0 Å². The molecule has 1 fully saturated rings. The smallest absolute Gasteiger partial charge is 0.0529 e. The summed E-state index contributed by atoms with van der Waals surface area (Å²) in [4.78, 5) is 0. The number of benzene rings is 1. The Morgan fingerprint density at radius 3 is 2.63 bits per heavy atom. The van der Waals surface area contributed by atoms with Gasteiger partial charge < -0.3 is 10.1 Å². The van der Waals surface area contributed by atoms with Crippen molar-refractivity contribution in [2.24, 2.45) is 5.41 Å². The van der Waals surface area contributed by atoms with E-state index in [1.165, 1.54) is 18.4 Å². The minimum atomic E-state index is 0.245. The third-order valence-corrected chi connectivity index (χ3v) is 3.54. The zero-order valence-electron chi connectivity index (χ0n) is 12.3. The van der Waals surface area contributed by atoms with Crippen LogP contribution in [0, 0.1) is 5.41 Å². The van der Waals surface area contributed by atoms with Crippen molar-refractivity contribution >= 4 is 0 Å². The number of ether oxygens (including phenoxy) is 1. The van der Waals surface area contributed by atoms with E-state index in [4.69, 9.17) is 4.74 Å². The number of rotatable bonds is 9. The highest BCUT2D eigenvalue weighted by molar-refractivity contribution is 5.14. The molecule has 0 saturated heterocycles. The van der Waals surface area contributed by atoms with E-state index in [-0.39, 0.29) is 5.41 Å². The molecule has 0 heterocycles. The summed E-state index contributed by atoms with van der Waals surface area (Å²) >= 11 is 0. The second kappa shape index (κ2) is 7.06. The van der Waals surface area contributed by atoms with Gasteiger partial charge in [-0.25, -0.2) is 0 Å². The first-order valence-corrected chi connectivity index (χ1v) is 7.51. The lowest BCUT2D eigenvalue weighted by Crippen LogP contribution is -2.34. The second-order valence-electron chi connectivity index (χ2n) is 6.46. The second-order valence-corrected chi connectivity index (χ2v) is 6.46. The maximum atomic E-state index is 5.83. The van der Waals surface area contributed by atoms with E-state index in [0.29, 0.717) is 0 Å². The first-order chi connectivity index (χ1) is 9.16. The van der Waals surface area contributed by atoms with Crippen molar-refractivity contribution < 1.29 is 4.74 Å². The first-order valence-electron chi connectivity index (χ1n) is 7.51. The molecule has 1 aliphatic carbocycles. The molecule has 1 aromatic carbocycles. The van der Waals surface area contributed by atoms with Gasteiger partial charge in [-0.1, -0.05) is 44.2 Å². The Labute approximate surface area is 117 Å². The summed E-state index contributed by atoms with van der Waals surface area (Å²) in [5.41, 5.74) is 1.65. The molecule has 19 heavy (non-hydrogen) atoms. The SMILES string of the molecule is CC(C)(CNC1CC1)COCCCc1ccccc1. The number of aryl methyl sites for hydroxylation is 1. The van der Waals surface area contributed by atoms with Gasteiger partial charge in [0.25, 0.3) is 0 Å². The summed E-state index contributed by atoms with van der Waals surface area (Å²) in [6, 6.07) is 11.4. The van der Waals surface area contributed by atoms with Gasteiger partial charge in [-0.05, 0) is 31.2 Å². The molecule has 1 N–H and O–H groups in total. The van der Waals surface area contributed by atoms with Gasteiger partial charge >= 0.3 is 0 Å². The molecular formula is C17H27NO. The average molecular weight is 261 g/mol. The highest BCUT2D eigenvalue weighted by Gasteiger charge is 2.25. The standard InChI is InChI=1S/C17H27NO/c1-17(2,13-18-16-10-11-16)14-19-12-6-9-15-7-4-3-5-8-15/h3-5,7-8,16,18H,6,9-14H2,1-2H3. The molecule has 1 aromatic rings. The summed E-state index contributed by atoms with van der Waals surface area (Å²) in [5, 5.41) is 3.58. The van der Waals surface area contributed by atoms with E-state index in [2.05, 4.69) is 49.5 Å². The van der Waals surface area contributed by atoms with Gasteiger partial charge in [0, 0.05) is 24.6 Å². The largest absolute Gasteiger partial charge is 0.381 e. The minimum Gasteiger partial charge on any atom is -0.381 e. The molecule has 0 radical (unpaired) electrons. The van der Waals surface area contributed by atoms with Crippen LogP contribution in [0.1, 0.15) is 38.7 Å². The van der Waals surface area contributed by atoms with Crippen LogP contribution in [0.2, 0.25) is 0 Å². The van der Waals surface area contributed by atoms with E-state index in [1.54, 1.807) is 0 Å². The summed E-state index contributed by atoms with van der Waals surface area (Å²) in [5.74, 6) is 0.